The monoisotopic (exact) mass is 305 g/mol. The molecule has 0 unspecified atom stereocenters. The topological polar surface area (TPSA) is 64.6 Å². The van der Waals surface area contributed by atoms with Crippen LogP contribution in [0.5, 0.6) is 0 Å². The smallest absolute Gasteiger partial charge is 0.221 e. The molecule has 1 amide bonds. The molecule has 0 saturated carbocycles. The highest BCUT2D eigenvalue weighted by atomic mass is 16.3. The van der Waals surface area contributed by atoms with Crippen molar-refractivity contribution in [2.24, 2.45) is 5.41 Å². The molecule has 1 aliphatic heterocycles. The van der Waals surface area contributed by atoms with Crippen LogP contribution in [0.1, 0.15) is 32.4 Å². The third-order valence-electron chi connectivity index (χ3n) is 4.21. The van der Waals surface area contributed by atoms with Crippen LogP contribution in [0.4, 0.5) is 5.69 Å². The number of hydrogen-bond donors (Lipinski definition) is 3. The Hall–Kier alpha value is -1.43. The van der Waals surface area contributed by atoms with Crippen molar-refractivity contribution in [2.75, 3.05) is 38.1 Å². The minimum absolute atomic E-state index is 0.0675. The predicted octanol–water partition coefficient (Wildman–Crippen LogP) is 1.61. The third-order valence-corrected chi connectivity index (χ3v) is 4.21. The molecule has 2 rings (SSSR count). The van der Waals surface area contributed by atoms with Gasteiger partial charge >= 0.3 is 0 Å². The average molecular weight is 305 g/mol. The van der Waals surface area contributed by atoms with Crippen LogP contribution < -0.4 is 10.6 Å². The largest absolute Gasteiger partial charge is 0.396 e. The summed E-state index contributed by atoms with van der Waals surface area (Å²) in [5.41, 5.74) is 1.75. The van der Waals surface area contributed by atoms with Crippen molar-refractivity contribution in [3.8, 4) is 0 Å². The van der Waals surface area contributed by atoms with Crippen LogP contribution in [0.2, 0.25) is 0 Å². The Bertz CT molecular complexity index is 493. The second-order valence-electron chi connectivity index (χ2n) is 6.64. The molecular formula is C17H27N3O2. The van der Waals surface area contributed by atoms with Crippen LogP contribution in [0, 0.1) is 5.41 Å². The summed E-state index contributed by atoms with van der Waals surface area (Å²) >= 11 is 0. The van der Waals surface area contributed by atoms with Crippen LogP contribution in [0.25, 0.3) is 0 Å². The van der Waals surface area contributed by atoms with Gasteiger partial charge in [0.05, 0.1) is 0 Å². The van der Waals surface area contributed by atoms with Crippen LogP contribution in [-0.2, 0) is 4.79 Å². The van der Waals surface area contributed by atoms with Crippen LogP contribution in [0.15, 0.2) is 24.3 Å². The van der Waals surface area contributed by atoms with Crippen molar-refractivity contribution in [1.29, 1.82) is 0 Å². The minimum Gasteiger partial charge on any atom is -0.396 e. The molecule has 1 atom stereocenters. The number of aliphatic hydroxyl groups is 1. The molecule has 1 saturated heterocycles. The fourth-order valence-electron chi connectivity index (χ4n) is 3.14. The van der Waals surface area contributed by atoms with Crippen molar-refractivity contribution >= 4 is 11.6 Å². The molecule has 1 aromatic rings. The first-order valence-electron chi connectivity index (χ1n) is 7.87. The summed E-state index contributed by atoms with van der Waals surface area (Å²) in [6, 6.07) is 8.12. The summed E-state index contributed by atoms with van der Waals surface area (Å²) < 4.78 is 0. The lowest BCUT2D eigenvalue weighted by Crippen LogP contribution is -2.49. The fraction of sp³-hybridized carbons (Fsp3) is 0.588. The van der Waals surface area contributed by atoms with Gasteiger partial charge in [-0.15, -0.1) is 0 Å². The summed E-state index contributed by atoms with van der Waals surface area (Å²) in [6.07, 6.45) is 0. The van der Waals surface area contributed by atoms with E-state index in [2.05, 4.69) is 41.5 Å². The van der Waals surface area contributed by atoms with E-state index in [4.69, 9.17) is 0 Å². The molecule has 0 aliphatic carbocycles. The van der Waals surface area contributed by atoms with Gasteiger partial charge < -0.3 is 15.7 Å². The molecule has 0 bridgehead atoms. The Balaban J connectivity index is 2.26. The second kappa shape index (κ2) is 7.22. The van der Waals surface area contributed by atoms with Gasteiger partial charge in [-0.05, 0) is 17.7 Å². The second-order valence-corrected chi connectivity index (χ2v) is 6.64. The first kappa shape index (κ1) is 16.9. The first-order chi connectivity index (χ1) is 10.4. The number of hydrogen-bond acceptors (Lipinski definition) is 4. The van der Waals surface area contributed by atoms with Gasteiger partial charge in [-0.1, -0.05) is 26.0 Å². The number of piperazine rings is 1. The molecule has 1 fully saturated rings. The predicted molar refractivity (Wildman–Crippen MR) is 88.8 cm³/mol. The van der Waals surface area contributed by atoms with Crippen molar-refractivity contribution in [2.45, 2.75) is 26.8 Å². The van der Waals surface area contributed by atoms with E-state index in [1.807, 2.05) is 12.1 Å². The number of anilines is 1. The molecule has 1 heterocycles. The Labute approximate surface area is 132 Å². The fourth-order valence-corrected chi connectivity index (χ4v) is 3.14. The Morgan fingerprint density at radius 3 is 2.41 bits per heavy atom. The number of carbonyl (C=O) groups excluding carboxylic acids is 1. The molecule has 3 N–H and O–H groups in total. The van der Waals surface area contributed by atoms with Crippen molar-refractivity contribution in [3.05, 3.63) is 29.8 Å². The zero-order valence-electron chi connectivity index (χ0n) is 13.7. The number of nitrogens with one attached hydrogen (secondary N) is 2. The van der Waals surface area contributed by atoms with Crippen molar-refractivity contribution in [1.82, 2.24) is 10.2 Å². The van der Waals surface area contributed by atoms with Gasteiger partial charge in [0, 0.05) is 56.9 Å². The maximum atomic E-state index is 11.1. The van der Waals surface area contributed by atoms with Crippen molar-refractivity contribution in [3.63, 3.8) is 0 Å². The lowest BCUT2D eigenvalue weighted by molar-refractivity contribution is -0.114. The van der Waals surface area contributed by atoms with Gasteiger partial charge in [0.2, 0.25) is 5.91 Å². The highest BCUT2D eigenvalue weighted by molar-refractivity contribution is 5.88. The number of amides is 1. The van der Waals surface area contributed by atoms with E-state index in [0.717, 1.165) is 31.9 Å². The SMILES string of the molecule is CC(=O)Nc1ccc([C@H](N2CCNCC2)C(C)(C)CO)cc1. The van der Waals surface area contributed by atoms with E-state index in [1.54, 1.807) is 0 Å². The molecule has 0 aromatic heterocycles. The van der Waals surface area contributed by atoms with Gasteiger partial charge in [0.25, 0.3) is 0 Å². The first-order valence-corrected chi connectivity index (χ1v) is 7.87. The zero-order valence-corrected chi connectivity index (χ0v) is 13.7. The van der Waals surface area contributed by atoms with Crippen LogP contribution in [0.3, 0.4) is 0 Å². The highest BCUT2D eigenvalue weighted by Gasteiger charge is 2.35. The molecule has 22 heavy (non-hydrogen) atoms. The minimum atomic E-state index is -0.229. The molecule has 1 aromatic carbocycles. The molecule has 122 valence electrons. The Kier molecular flexibility index (Phi) is 5.56. The van der Waals surface area contributed by atoms with Crippen LogP contribution in [-0.4, -0.2) is 48.7 Å². The lowest BCUT2D eigenvalue weighted by Gasteiger charge is -2.43. The summed E-state index contributed by atoms with van der Waals surface area (Å²) in [7, 11) is 0. The van der Waals surface area contributed by atoms with Crippen molar-refractivity contribution < 1.29 is 9.90 Å². The summed E-state index contributed by atoms with van der Waals surface area (Å²) in [5.74, 6) is -0.0675. The van der Waals surface area contributed by atoms with E-state index in [0.29, 0.717) is 0 Å². The molecule has 0 spiro atoms. The lowest BCUT2D eigenvalue weighted by atomic mass is 9.79. The number of rotatable bonds is 5. The molecule has 5 heteroatoms. The van der Waals surface area contributed by atoms with E-state index >= 15 is 0 Å². The van der Waals surface area contributed by atoms with E-state index in [1.165, 1.54) is 12.5 Å². The maximum Gasteiger partial charge on any atom is 0.221 e. The normalized spacial score (nSPS) is 18.0. The maximum absolute atomic E-state index is 11.1. The molecule has 1 aliphatic rings. The number of nitrogens with zero attached hydrogens (tertiary/aromatic N) is 1. The van der Waals surface area contributed by atoms with Gasteiger partial charge in [0.1, 0.15) is 0 Å². The number of benzene rings is 1. The molecule has 0 radical (unpaired) electrons. The molecular weight excluding hydrogens is 278 g/mol. The van der Waals surface area contributed by atoms with Gasteiger partial charge in [0.15, 0.2) is 0 Å². The summed E-state index contributed by atoms with van der Waals surface area (Å²) in [5, 5.41) is 16.0. The third kappa shape index (κ3) is 4.06. The zero-order chi connectivity index (χ0) is 16.2. The number of carbonyl (C=O) groups is 1. The number of aliphatic hydroxyl groups excluding tert-OH is 1. The van der Waals surface area contributed by atoms with Gasteiger partial charge in [-0.3, -0.25) is 9.69 Å². The summed E-state index contributed by atoms with van der Waals surface area (Å²) in [6.45, 7) is 9.73. The Morgan fingerprint density at radius 1 is 1.32 bits per heavy atom. The van der Waals surface area contributed by atoms with E-state index < -0.39 is 0 Å². The highest BCUT2D eigenvalue weighted by Crippen LogP contribution is 2.38. The van der Waals surface area contributed by atoms with E-state index in [9.17, 15) is 9.90 Å². The van der Waals surface area contributed by atoms with Gasteiger partial charge in [-0.25, -0.2) is 0 Å². The van der Waals surface area contributed by atoms with E-state index in [-0.39, 0.29) is 24.0 Å². The Morgan fingerprint density at radius 2 is 1.91 bits per heavy atom. The quantitative estimate of drug-likeness (QED) is 0.773. The van der Waals surface area contributed by atoms with Gasteiger partial charge in [-0.2, -0.15) is 0 Å². The van der Waals surface area contributed by atoms with Crippen LogP contribution >= 0.6 is 0 Å². The standard InChI is InChI=1S/C17H27N3O2/c1-13(22)19-15-6-4-14(5-7-15)16(17(2,3)12-21)20-10-8-18-9-11-20/h4-7,16,18,21H,8-12H2,1-3H3,(H,19,22)/t16-/m0/s1. The molecule has 5 nitrogen and oxygen atoms in total. The summed E-state index contributed by atoms with van der Waals surface area (Å²) in [4.78, 5) is 13.6. The average Bonchev–Trinajstić information content (AvgIpc) is 2.49.